The molecule has 0 aromatic heterocycles. The first-order chi connectivity index (χ1) is 5.61. The number of hydrogen-bond acceptors (Lipinski definition) is 2. The van der Waals surface area contributed by atoms with Crippen LogP contribution in [-0.4, -0.2) is 16.3 Å². The molecule has 3 heteroatoms. The van der Waals surface area contributed by atoms with Crippen molar-refractivity contribution < 1.29 is 10.2 Å². The molecule has 2 N–H and O–H groups in total. The van der Waals surface area contributed by atoms with Crippen LogP contribution in [0.1, 0.15) is 19.8 Å². The van der Waals surface area contributed by atoms with E-state index in [-0.39, 0.29) is 12.0 Å². The lowest BCUT2D eigenvalue weighted by Gasteiger charge is -2.19. The zero-order chi connectivity index (χ0) is 9.14. The molecule has 0 radical (unpaired) electrons. The summed E-state index contributed by atoms with van der Waals surface area (Å²) in [5, 5.41) is 18.7. The van der Waals surface area contributed by atoms with Crippen LogP contribution < -0.4 is 0 Å². The minimum Gasteiger partial charge on any atom is -0.511 e. The monoisotopic (exact) mass is 232 g/mol. The molecule has 0 saturated heterocycles. The van der Waals surface area contributed by atoms with Gasteiger partial charge >= 0.3 is 0 Å². The van der Waals surface area contributed by atoms with Crippen molar-refractivity contribution in [2.75, 3.05) is 0 Å². The summed E-state index contributed by atoms with van der Waals surface area (Å²) in [6.07, 6.45) is 4.80. The lowest BCUT2D eigenvalue weighted by molar-refractivity contribution is 0.191. The summed E-state index contributed by atoms with van der Waals surface area (Å²) in [6.45, 7) is 1.81. The second-order valence-corrected chi connectivity index (χ2v) is 4.24. The zero-order valence-corrected chi connectivity index (χ0v) is 8.58. The number of aliphatic hydroxyl groups is 2. The van der Waals surface area contributed by atoms with Gasteiger partial charge in [0.05, 0.1) is 6.10 Å². The summed E-state index contributed by atoms with van der Waals surface area (Å²) in [4.78, 5) is 0. The van der Waals surface area contributed by atoms with Crippen molar-refractivity contribution in [3.8, 4) is 0 Å². The van der Waals surface area contributed by atoms with E-state index in [0.717, 1.165) is 17.3 Å². The summed E-state index contributed by atoms with van der Waals surface area (Å²) in [6, 6.07) is 0. The molecule has 2 unspecified atom stereocenters. The van der Waals surface area contributed by atoms with Crippen molar-refractivity contribution in [1.82, 2.24) is 0 Å². The molecule has 0 aromatic carbocycles. The van der Waals surface area contributed by atoms with Crippen molar-refractivity contribution in [2.24, 2.45) is 5.92 Å². The van der Waals surface area contributed by atoms with Crippen molar-refractivity contribution in [2.45, 2.75) is 25.9 Å². The second kappa shape index (κ2) is 4.10. The van der Waals surface area contributed by atoms with Crippen molar-refractivity contribution in [3.63, 3.8) is 0 Å². The van der Waals surface area contributed by atoms with Crippen LogP contribution in [0.2, 0.25) is 0 Å². The molecule has 0 bridgehead atoms. The van der Waals surface area contributed by atoms with Gasteiger partial charge in [-0.3, -0.25) is 0 Å². The van der Waals surface area contributed by atoms with Crippen LogP contribution in [-0.2, 0) is 0 Å². The van der Waals surface area contributed by atoms with E-state index < -0.39 is 0 Å². The summed E-state index contributed by atoms with van der Waals surface area (Å²) in [5.74, 6) is 0.450. The molecule has 0 spiro atoms. The Balaban J connectivity index is 2.67. The quantitative estimate of drug-likeness (QED) is 0.539. The largest absolute Gasteiger partial charge is 0.511 e. The van der Waals surface area contributed by atoms with Crippen LogP contribution >= 0.6 is 15.9 Å². The highest BCUT2D eigenvalue weighted by Crippen LogP contribution is 2.26. The van der Waals surface area contributed by atoms with Gasteiger partial charge in [0, 0.05) is 10.4 Å². The molecule has 1 rings (SSSR count). The van der Waals surface area contributed by atoms with E-state index in [0.29, 0.717) is 5.76 Å². The smallest absolute Gasteiger partial charge is 0.109 e. The Morgan fingerprint density at radius 3 is 2.50 bits per heavy atom. The molecular formula is C9H13BrO2. The van der Waals surface area contributed by atoms with Crippen molar-refractivity contribution in [3.05, 3.63) is 22.4 Å². The molecule has 0 saturated carbocycles. The average molecular weight is 233 g/mol. The van der Waals surface area contributed by atoms with Gasteiger partial charge in [-0.05, 0) is 19.8 Å². The normalized spacial score (nSPS) is 31.6. The molecule has 0 aromatic rings. The van der Waals surface area contributed by atoms with Crippen LogP contribution in [0.25, 0.3) is 0 Å². The summed E-state index contributed by atoms with van der Waals surface area (Å²) >= 11 is 3.22. The first kappa shape index (κ1) is 9.81. The lowest BCUT2D eigenvalue weighted by atomic mass is 9.92. The third kappa shape index (κ3) is 2.35. The lowest BCUT2D eigenvalue weighted by Crippen LogP contribution is -2.14. The van der Waals surface area contributed by atoms with Crippen LogP contribution in [0.15, 0.2) is 22.4 Å². The number of rotatable bonds is 1. The highest BCUT2D eigenvalue weighted by Gasteiger charge is 2.17. The van der Waals surface area contributed by atoms with E-state index in [4.69, 9.17) is 5.11 Å². The molecular weight excluding hydrogens is 220 g/mol. The third-order valence-corrected chi connectivity index (χ3v) is 2.45. The molecule has 2 atom stereocenters. The summed E-state index contributed by atoms with van der Waals surface area (Å²) in [5.41, 5.74) is 0. The van der Waals surface area contributed by atoms with Crippen molar-refractivity contribution >= 4 is 15.9 Å². The maximum atomic E-state index is 9.54. The Labute approximate surface area is 80.7 Å². The van der Waals surface area contributed by atoms with E-state index in [1.807, 2.05) is 13.0 Å². The molecule has 1 aliphatic rings. The first-order valence-electron chi connectivity index (χ1n) is 4.03. The molecule has 68 valence electrons. The minimum absolute atomic E-state index is 0.0766. The molecule has 0 fully saturated rings. The van der Waals surface area contributed by atoms with Gasteiger partial charge in [0.2, 0.25) is 0 Å². The maximum absolute atomic E-state index is 9.54. The number of halogens is 1. The standard InChI is InChI=1S/C9H13BrO2/c1-6(10)9(12)7-2-4-8(11)5-3-7/h2,4,7-8,11-12H,3,5H2,1H3/b9-6+. The van der Waals surface area contributed by atoms with E-state index in [1.165, 1.54) is 0 Å². The molecule has 0 heterocycles. The van der Waals surface area contributed by atoms with E-state index in [9.17, 15) is 5.11 Å². The highest BCUT2D eigenvalue weighted by molar-refractivity contribution is 9.11. The van der Waals surface area contributed by atoms with Crippen LogP contribution in [0.3, 0.4) is 0 Å². The molecule has 0 amide bonds. The average Bonchev–Trinajstić information content (AvgIpc) is 2.04. The molecule has 12 heavy (non-hydrogen) atoms. The predicted molar refractivity (Wildman–Crippen MR) is 52.1 cm³/mol. The molecule has 1 aliphatic carbocycles. The predicted octanol–water partition coefficient (Wildman–Crippen LogP) is 2.50. The van der Waals surface area contributed by atoms with E-state index in [2.05, 4.69) is 15.9 Å². The summed E-state index contributed by atoms with van der Waals surface area (Å²) < 4.78 is 0.772. The molecule has 2 nitrogen and oxygen atoms in total. The maximum Gasteiger partial charge on any atom is 0.109 e. The number of allylic oxidation sites excluding steroid dienone is 2. The highest BCUT2D eigenvalue weighted by atomic mass is 79.9. The van der Waals surface area contributed by atoms with Crippen LogP contribution in [0.4, 0.5) is 0 Å². The van der Waals surface area contributed by atoms with Gasteiger partial charge in [-0.1, -0.05) is 28.1 Å². The van der Waals surface area contributed by atoms with Crippen LogP contribution in [0.5, 0.6) is 0 Å². The van der Waals surface area contributed by atoms with Crippen molar-refractivity contribution in [1.29, 1.82) is 0 Å². The Bertz CT molecular complexity index is 217. The van der Waals surface area contributed by atoms with Gasteiger partial charge in [-0.25, -0.2) is 0 Å². The van der Waals surface area contributed by atoms with E-state index in [1.54, 1.807) is 6.08 Å². The number of aliphatic hydroxyl groups excluding tert-OH is 2. The fourth-order valence-electron chi connectivity index (χ4n) is 1.29. The van der Waals surface area contributed by atoms with Gasteiger partial charge in [0.25, 0.3) is 0 Å². The Morgan fingerprint density at radius 2 is 2.08 bits per heavy atom. The minimum atomic E-state index is -0.329. The van der Waals surface area contributed by atoms with Gasteiger partial charge in [0.15, 0.2) is 0 Å². The fraction of sp³-hybridized carbons (Fsp3) is 0.556. The summed E-state index contributed by atoms with van der Waals surface area (Å²) in [7, 11) is 0. The number of hydrogen-bond donors (Lipinski definition) is 2. The van der Waals surface area contributed by atoms with E-state index >= 15 is 0 Å². The SMILES string of the molecule is C/C(Br)=C(\O)C1C=CC(O)CC1. The van der Waals surface area contributed by atoms with Gasteiger partial charge in [0.1, 0.15) is 5.76 Å². The third-order valence-electron chi connectivity index (χ3n) is 2.04. The Hall–Kier alpha value is -0.280. The Kier molecular flexibility index (Phi) is 3.35. The molecule has 0 aliphatic heterocycles. The van der Waals surface area contributed by atoms with Gasteiger partial charge < -0.3 is 10.2 Å². The topological polar surface area (TPSA) is 40.5 Å². The second-order valence-electron chi connectivity index (χ2n) is 3.05. The Morgan fingerprint density at radius 1 is 1.42 bits per heavy atom. The van der Waals surface area contributed by atoms with Gasteiger partial charge in [-0.15, -0.1) is 0 Å². The van der Waals surface area contributed by atoms with Gasteiger partial charge in [-0.2, -0.15) is 0 Å². The van der Waals surface area contributed by atoms with Crippen LogP contribution in [0, 0.1) is 5.92 Å². The fourth-order valence-corrected chi connectivity index (χ4v) is 1.58. The first-order valence-corrected chi connectivity index (χ1v) is 4.82. The zero-order valence-electron chi connectivity index (χ0n) is 7.00.